The number of hydrogen-bond donors (Lipinski definition) is 1. The first-order valence-electron chi connectivity index (χ1n) is 14.2. The monoisotopic (exact) mass is 633 g/mol. The molecule has 3 aromatic rings. The van der Waals surface area contributed by atoms with Crippen molar-refractivity contribution in [1.29, 1.82) is 0 Å². The van der Waals surface area contributed by atoms with Gasteiger partial charge in [-0.05, 0) is 68.0 Å². The van der Waals surface area contributed by atoms with Crippen LogP contribution in [0.4, 0.5) is 0 Å². The Hall–Kier alpha value is -2.50. The zero-order chi connectivity index (χ0) is 30.4. The zero-order valence-corrected chi connectivity index (χ0v) is 26.6. The van der Waals surface area contributed by atoms with Crippen LogP contribution in [-0.2, 0) is 21.4 Å². The van der Waals surface area contributed by atoms with Crippen LogP contribution in [0.5, 0.6) is 0 Å². The second kappa shape index (κ2) is 11.9. The maximum Gasteiger partial charge on any atom is 0.243 e. The number of likely N-dealkylation sites (tertiary alicyclic amines) is 1. The Balaban J connectivity index is 1.39. The minimum absolute atomic E-state index is 0.0686. The summed E-state index contributed by atoms with van der Waals surface area (Å²) in [7, 11) is -3.99. The van der Waals surface area contributed by atoms with Crippen molar-refractivity contribution in [2.24, 2.45) is 11.3 Å². The van der Waals surface area contributed by atoms with Gasteiger partial charge in [0.2, 0.25) is 15.9 Å². The van der Waals surface area contributed by atoms with Crippen molar-refractivity contribution < 1.29 is 18.3 Å². The van der Waals surface area contributed by atoms with Gasteiger partial charge in [0.15, 0.2) is 0 Å². The van der Waals surface area contributed by atoms with E-state index in [1.807, 2.05) is 20.0 Å². The SMILES string of the molecule is Cc1ccc(S(=O)(=O)N2CC(O)CC2C(=O)N2CCCC(Cn3cc(-c4c(Cl)cccc4Cl)nn3)(C(C)C)C2)cc1C. The fourth-order valence-electron chi connectivity index (χ4n) is 6.18. The molecule has 2 saturated heterocycles. The molecule has 2 fully saturated rings. The van der Waals surface area contributed by atoms with Crippen molar-refractivity contribution in [1.82, 2.24) is 24.2 Å². The lowest BCUT2D eigenvalue weighted by Crippen LogP contribution is -2.55. The van der Waals surface area contributed by atoms with E-state index in [-0.39, 0.29) is 35.1 Å². The predicted molar refractivity (Wildman–Crippen MR) is 163 cm³/mol. The molecule has 42 heavy (non-hydrogen) atoms. The number of aliphatic hydroxyl groups is 1. The Morgan fingerprint density at radius 1 is 1.14 bits per heavy atom. The van der Waals surface area contributed by atoms with Gasteiger partial charge < -0.3 is 10.0 Å². The maximum absolute atomic E-state index is 14.0. The fraction of sp³-hybridized carbons (Fsp3) is 0.500. The first-order chi connectivity index (χ1) is 19.8. The van der Waals surface area contributed by atoms with Gasteiger partial charge >= 0.3 is 0 Å². The number of halogens is 2. The first-order valence-corrected chi connectivity index (χ1v) is 16.4. The van der Waals surface area contributed by atoms with Crippen LogP contribution >= 0.6 is 23.2 Å². The maximum atomic E-state index is 14.0. The van der Waals surface area contributed by atoms with Gasteiger partial charge in [0.1, 0.15) is 11.7 Å². The van der Waals surface area contributed by atoms with E-state index in [1.54, 1.807) is 46.0 Å². The molecule has 226 valence electrons. The third kappa shape index (κ3) is 5.84. The van der Waals surface area contributed by atoms with Gasteiger partial charge in [-0.2, -0.15) is 4.31 Å². The number of aliphatic hydroxyl groups excluding tert-OH is 1. The average Bonchev–Trinajstić information content (AvgIpc) is 3.56. The summed E-state index contributed by atoms with van der Waals surface area (Å²) in [6, 6.07) is 9.28. The molecule has 3 atom stereocenters. The summed E-state index contributed by atoms with van der Waals surface area (Å²) in [6.45, 7) is 9.41. The molecule has 2 aliphatic heterocycles. The van der Waals surface area contributed by atoms with Crippen molar-refractivity contribution in [3.63, 3.8) is 0 Å². The van der Waals surface area contributed by atoms with E-state index in [2.05, 4.69) is 24.2 Å². The van der Waals surface area contributed by atoms with Gasteiger partial charge in [-0.1, -0.05) is 54.4 Å². The number of benzene rings is 2. The van der Waals surface area contributed by atoms with Crippen molar-refractivity contribution >= 4 is 39.1 Å². The Labute approximate surface area is 257 Å². The summed E-state index contributed by atoms with van der Waals surface area (Å²) in [4.78, 5) is 15.9. The van der Waals surface area contributed by atoms with E-state index in [0.717, 1.165) is 24.0 Å². The van der Waals surface area contributed by atoms with Crippen LogP contribution in [-0.4, -0.2) is 75.4 Å². The first kappa shape index (κ1) is 30.9. The predicted octanol–water partition coefficient (Wildman–Crippen LogP) is 4.96. The number of piperidine rings is 1. The molecular weight excluding hydrogens is 597 g/mol. The van der Waals surface area contributed by atoms with E-state index in [9.17, 15) is 18.3 Å². The van der Waals surface area contributed by atoms with Gasteiger partial charge in [0.05, 0.1) is 33.8 Å². The van der Waals surface area contributed by atoms with Crippen LogP contribution in [0.1, 0.15) is 44.2 Å². The number of sulfonamides is 1. The number of carbonyl (C=O) groups excluding carboxylic acids is 1. The van der Waals surface area contributed by atoms with Gasteiger partial charge in [0, 0.05) is 37.0 Å². The molecule has 9 nitrogen and oxygen atoms in total. The number of aryl methyl sites for hydroxylation is 2. The van der Waals surface area contributed by atoms with Gasteiger partial charge in [-0.15, -0.1) is 5.10 Å². The van der Waals surface area contributed by atoms with Crippen molar-refractivity contribution in [3.8, 4) is 11.3 Å². The second-order valence-electron chi connectivity index (χ2n) is 12.0. The summed E-state index contributed by atoms with van der Waals surface area (Å²) >= 11 is 12.8. The Morgan fingerprint density at radius 3 is 2.52 bits per heavy atom. The van der Waals surface area contributed by atoms with Gasteiger partial charge in [-0.25, -0.2) is 8.42 Å². The molecule has 1 amide bonds. The van der Waals surface area contributed by atoms with E-state index in [4.69, 9.17) is 23.2 Å². The molecule has 5 rings (SSSR count). The smallest absolute Gasteiger partial charge is 0.243 e. The van der Waals surface area contributed by atoms with Crippen LogP contribution in [0.15, 0.2) is 47.5 Å². The average molecular weight is 635 g/mol. The molecular formula is C30H37Cl2N5O4S. The lowest BCUT2D eigenvalue weighted by Gasteiger charge is -2.46. The third-order valence-corrected chi connectivity index (χ3v) is 11.5. The largest absolute Gasteiger partial charge is 0.392 e. The third-order valence-electron chi connectivity index (χ3n) is 8.98. The van der Waals surface area contributed by atoms with Crippen LogP contribution in [0, 0.1) is 25.2 Å². The Bertz CT molecular complexity index is 1570. The van der Waals surface area contributed by atoms with Crippen molar-refractivity contribution in [2.75, 3.05) is 19.6 Å². The van der Waals surface area contributed by atoms with Gasteiger partial charge in [-0.3, -0.25) is 9.48 Å². The minimum atomic E-state index is -3.99. The van der Waals surface area contributed by atoms with E-state index in [0.29, 0.717) is 40.9 Å². The molecule has 3 unspecified atom stereocenters. The molecule has 1 aromatic heterocycles. The van der Waals surface area contributed by atoms with Crippen LogP contribution in [0.2, 0.25) is 10.0 Å². The fourth-order valence-corrected chi connectivity index (χ4v) is 8.49. The standard InChI is InChI=1S/C30H37Cl2N5O4S/c1-19(2)30(18-36-16-26(33-34-36)28-24(31)7-5-8-25(28)32)11-6-12-35(17-30)29(39)27-14-22(38)15-37(27)42(40,41)23-10-9-20(3)21(4)13-23/h5,7-10,13,16,19,22,27,38H,6,11-12,14-15,17-18H2,1-4H3. The lowest BCUT2D eigenvalue weighted by atomic mass is 9.71. The molecule has 0 aliphatic carbocycles. The molecule has 0 radical (unpaired) electrons. The van der Waals surface area contributed by atoms with Crippen molar-refractivity contribution in [3.05, 3.63) is 63.8 Å². The lowest BCUT2D eigenvalue weighted by molar-refractivity contribution is -0.139. The molecule has 0 bridgehead atoms. The summed E-state index contributed by atoms with van der Waals surface area (Å²) in [5.74, 6) is -0.0833. The van der Waals surface area contributed by atoms with E-state index >= 15 is 0 Å². The van der Waals surface area contributed by atoms with Crippen LogP contribution in [0.25, 0.3) is 11.3 Å². The number of nitrogens with zero attached hydrogens (tertiary/aromatic N) is 5. The quantitative estimate of drug-likeness (QED) is 0.394. The van der Waals surface area contributed by atoms with Crippen LogP contribution < -0.4 is 0 Å². The molecule has 3 heterocycles. The Morgan fingerprint density at radius 2 is 1.86 bits per heavy atom. The molecule has 2 aromatic carbocycles. The molecule has 12 heteroatoms. The Kier molecular flexibility index (Phi) is 8.75. The van der Waals surface area contributed by atoms with Gasteiger partial charge in [0.25, 0.3) is 0 Å². The molecule has 1 N–H and O–H groups in total. The summed E-state index contributed by atoms with van der Waals surface area (Å²) in [5.41, 5.74) is 2.70. The number of rotatable bonds is 7. The number of aromatic nitrogens is 3. The highest BCUT2D eigenvalue weighted by molar-refractivity contribution is 7.89. The number of β-amino-alcohol motifs (C(OH)–C–C–N with tert-alkyl or cyclic N) is 1. The number of carbonyl (C=O) groups is 1. The normalized spacial score (nSPS) is 23.6. The molecule has 2 aliphatic rings. The number of hydrogen-bond acceptors (Lipinski definition) is 6. The van der Waals surface area contributed by atoms with E-state index in [1.165, 1.54) is 4.31 Å². The zero-order valence-electron chi connectivity index (χ0n) is 24.3. The van der Waals surface area contributed by atoms with Crippen molar-refractivity contribution in [2.45, 2.75) is 70.5 Å². The highest BCUT2D eigenvalue weighted by atomic mass is 35.5. The topological polar surface area (TPSA) is 109 Å². The molecule has 0 saturated carbocycles. The second-order valence-corrected chi connectivity index (χ2v) is 14.7. The summed E-state index contributed by atoms with van der Waals surface area (Å²) in [5, 5.41) is 20.2. The van der Waals surface area contributed by atoms with E-state index < -0.39 is 22.2 Å². The number of amides is 1. The highest BCUT2D eigenvalue weighted by Gasteiger charge is 2.48. The highest BCUT2D eigenvalue weighted by Crippen LogP contribution is 2.41. The summed E-state index contributed by atoms with van der Waals surface area (Å²) in [6.07, 6.45) is 2.61. The minimum Gasteiger partial charge on any atom is -0.392 e. The molecule has 0 spiro atoms. The summed E-state index contributed by atoms with van der Waals surface area (Å²) < 4.78 is 30.3. The van der Waals surface area contributed by atoms with Crippen LogP contribution in [0.3, 0.4) is 0 Å².